The Bertz CT molecular complexity index is 736. The molecule has 4 N–H and O–H groups in total. The average molecular weight is 374 g/mol. The monoisotopic (exact) mass is 374 g/mol. The molecule has 0 aliphatic carbocycles. The zero-order valence-electron chi connectivity index (χ0n) is 15.4. The summed E-state index contributed by atoms with van der Waals surface area (Å²) in [6, 6.07) is 8.26. The van der Waals surface area contributed by atoms with Crippen LogP contribution in [0.2, 0.25) is 0 Å². The van der Waals surface area contributed by atoms with Crippen LogP contribution in [0.15, 0.2) is 30.3 Å². The molecule has 0 saturated carbocycles. The van der Waals surface area contributed by atoms with Gasteiger partial charge in [-0.05, 0) is 18.4 Å². The third-order valence-corrected chi connectivity index (χ3v) is 4.83. The summed E-state index contributed by atoms with van der Waals surface area (Å²) >= 11 is 0. The molecule has 1 aromatic carbocycles. The molecule has 3 amide bonds. The fourth-order valence-electron chi connectivity index (χ4n) is 3.07. The van der Waals surface area contributed by atoms with Gasteiger partial charge in [-0.3, -0.25) is 19.2 Å². The van der Waals surface area contributed by atoms with Crippen LogP contribution in [0.4, 0.5) is 0 Å². The molecule has 8 heteroatoms. The highest BCUT2D eigenvalue weighted by Crippen LogP contribution is 2.28. The summed E-state index contributed by atoms with van der Waals surface area (Å²) in [6.45, 7) is 1.41. The summed E-state index contributed by atoms with van der Waals surface area (Å²) in [5.74, 6) is -2.25. The summed E-state index contributed by atoms with van der Waals surface area (Å²) in [4.78, 5) is 49.0. The maximum Gasteiger partial charge on any atom is 0.249 e. The summed E-state index contributed by atoms with van der Waals surface area (Å²) in [5.41, 5.74) is 10.7. The molecule has 1 aliphatic rings. The van der Waals surface area contributed by atoms with E-state index in [1.54, 1.807) is 6.92 Å². The van der Waals surface area contributed by atoms with E-state index in [0.29, 0.717) is 6.42 Å². The number of Topliss-reactive ketones (excluding diaryl/α,β-unsaturated/α-hetero) is 1. The van der Waals surface area contributed by atoms with E-state index in [0.717, 1.165) is 10.5 Å². The van der Waals surface area contributed by atoms with Gasteiger partial charge in [0.1, 0.15) is 12.6 Å². The van der Waals surface area contributed by atoms with Crippen molar-refractivity contribution in [3.63, 3.8) is 0 Å². The molecule has 1 saturated heterocycles. The van der Waals surface area contributed by atoms with E-state index in [1.165, 1.54) is 13.5 Å². The van der Waals surface area contributed by atoms with E-state index in [1.807, 2.05) is 30.3 Å². The molecule has 2 rings (SSSR count). The Hall–Kier alpha value is -2.74. The molecule has 1 fully saturated rings. The SMILES string of the molecule is CN(C(=O)[CH]CC(C)(Cc1ccccc1)C(N)=O)C1C(=O)CO[C@@H]1C(N)=O. The summed E-state index contributed by atoms with van der Waals surface area (Å²) in [7, 11) is 1.39. The second kappa shape index (κ2) is 8.30. The molecule has 1 aromatic rings. The molecule has 145 valence electrons. The molecule has 0 aromatic heterocycles. The van der Waals surface area contributed by atoms with Crippen LogP contribution in [0.1, 0.15) is 18.9 Å². The standard InChI is InChI=1S/C19H24N3O5/c1-19(18(21)26,10-12-6-4-3-5-7-12)9-8-14(24)22(2)15-13(23)11-27-16(15)17(20)25/h3-8,15-16H,9-11H2,1-2H3,(H2,20,25)(H2,21,26)/t15?,16-,19?/m0/s1. The number of hydrogen-bond acceptors (Lipinski definition) is 5. The van der Waals surface area contributed by atoms with Crippen molar-refractivity contribution >= 4 is 23.5 Å². The van der Waals surface area contributed by atoms with Crippen LogP contribution in [0.3, 0.4) is 0 Å². The minimum Gasteiger partial charge on any atom is -0.369 e. The first kappa shape index (κ1) is 20.6. The van der Waals surface area contributed by atoms with Gasteiger partial charge in [0, 0.05) is 7.05 Å². The van der Waals surface area contributed by atoms with Gasteiger partial charge in [0.25, 0.3) is 0 Å². The van der Waals surface area contributed by atoms with Crippen molar-refractivity contribution in [2.45, 2.75) is 31.9 Å². The van der Waals surface area contributed by atoms with Gasteiger partial charge in [0.15, 0.2) is 11.9 Å². The van der Waals surface area contributed by atoms with Gasteiger partial charge < -0.3 is 21.1 Å². The molecule has 0 bridgehead atoms. The molecule has 2 unspecified atom stereocenters. The first-order chi connectivity index (χ1) is 12.7. The number of carbonyl (C=O) groups excluding carboxylic acids is 4. The lowest BCUT2D eigenvalue weighted by Crippen LogP contribution is -2.51. The molecule has 1 aliphatic heterocycles. The topological polar surface area (TPSA) is 133 Å². The predicted octanol–water partition coefficient (Wildman–Crippen LogP) is -0.405. The van der Waals surface area contributed by atoms with E-state index in [4.69, 9.17) is 16.2 Å². The largest absolute Gasteiger partial charge is 0.369 e. The minimum atomic E-state index is -1.17. The van der Waals surface area contributed by atoms with Crippen molar-refractivity contribution in [1.82, 2.24) is 4.90 Å². The van der Waals surface area contributed by atoms with Crippen LogP contribution >= 0.6 is 0 Å². The number of nitrogens with two attached hydrogens (primary N) is 2. The van der Waals surface area contributed by atoms with E-state index >= 15 is 0 Å². The highest BCUT2D eigenvalue weighted by atomic mass is 16.5. The highest BCUT2D eigenvalue weighted by molar-refractivity contribution is 5.99. The van der Waals surface area contributed by atoms with Crippen LogP contribution in [0.25, 0.3) is 0 Å². The molecular weight excluding hydrogens is 350 g/mol. The summed E-state index contributed by atoms with van der Waals surface area (Å²) < 4.78 is 5.07. The fourth-order valence-corrected chi connectivity index (χ4v) is 3.07. The van der Waals surface area contributed by atoms with Crippen LogP contribution in [0, 0.1) is 11.8 Å². The number of ether oxygens (including phenoxy) is 1. The fraction of sp³-hybridized carbons (Fsp3) is 0.421. The van der Waals surface area contributed by atoms with Crippen molar-refractivity contribution in [3.05, 3.63) is 42.3 Å². The number of nitrogens with zero attached hydrogens (tertiary/aromatic N) is 1. The number of primary amides is 2. The Morgan fingerprint density at radius 2 is 1.89 bits per heavy atom. The van der Waals surface area contributed by atoms with Crippen molar-refractivity contribution in [1.29, 1.82) is 0 Å². The van der Waals surface area contributed by atoms with Gasteiger partial charge in [-0.25, -0.2) is 0 Å². The smallest absolute Gasteiger partial charge is 0.249 e. The van der Waals surface area contributed by atoms with Crippen molar-refractivity contribution < 1.29 is 23.9 Å². The summed E-state index contributed by atoms with van der Waals surface area (Å²) in [6.07, 6.45) is 0.582. The van der Waals surface area contributed by atoms with Gasteiger partial charge in [-0.2, -0.15) is 0 Å². The number of carbonyl (C=O) groups is 4. The molecule has 1 heterocycles. The minimum absolute atomic E-state index is 0.0867. The lowest BCUT2D eigenvalue weighted by molar-refractivity contribution is -0.137. The van der Waals surface area contributed by atoms with Crippen LogP contribution in [-0.2, 0) is 30.3 Å². The molecular formula is C19H24N3O5. The van der Waals surface area contributed by atoms with E-state index < -0.39 is 41.1 Å². The second-order valence-electron chi connectivity index (χ2n) is 6.99. The van der Waals surface area contributed by atoms with Crippen molar-refractivity contribution in [2.75, 3.05) is 13.7 Å². The van der Waals surface area contributed by atoms with Crippen LogP contribution in [0.5, 0.6) is 0 Å². The number of ketones is 1. The van der Waals surface area contributed by atoms with Gasteiger partial charge >= 0.3 is 0 Å². The van der Waals surface area contributed by atoms with E-state index in [2.05, 4.69) is 0 Å². The third-order valence-electron chi connectivity index (χ3n) is 4.83. The lowest BCUT2D eigenvalue weighted by Gasteiger charge is -2.29. The quantitative estimate of drug-likeness (QED) is 0.638. The van der Waals surface area contributed by atoms with Gasteiger partial charge in [0.2, 0.25) is 17.7 Å². The van der Waals surface area contributed by atoms with Crippen LogP contribution < -0.4 is 11.5 Å². The molecule has 27 heavy (non-hydrogen) atoms. The number of benzene rings is 1. The Morgan fingerprint density at radius 3 is 2.44 bits per heavy atom. The number of rotatable bonds is 8. The maximum absolute atomic E-state index is 12.5. The first-order valence-electron chi connectivity index (χ1n) is 8.53. The molecule has 8 nitrogen and oxygen atoms in total. The Morgan fingerprint density at radius 1 is 1.26 bits per heavy atom. The Balaban J connectivity index is 2.06. The highest BCUT2D eigenvalue weighted by Gasteiger charge is 2.44. The predicted molar refractivity (Wildman–Crippen MR) is 96.9 cm³/mol. The first-order valence-corrected chi connectivity index (χ1v) is 8.53. The molecule has 1 radical (unpaired) electrons. The van der Waals surface area contributed by atoms with Crippen molar-refractivity contribution in [2.24, 2.45) is 16.9 Å². The van der Waals surface area contributed by atoms with Gasteiger partial charge in [0.05, 0.1) is 11.8 Å². The van der Waals surface area contributed by atoms with Crippen molar-refractivity contribution in [3.8, 4) is 0 Å². The number of likely N-dealkylation sites (N-methyl/N-ethyl adjacent to an activating group) is 1. The second-order valence-corrected chi connectivity index (χ2v) is 6.99. The number of hydrogen-bond donors (Lipinski definition) is 2. The normalized spacial score (nSPS) is 21.5. The Labute approximate surface area is 157 Å². The lowest BCUT2D eigenvalue weighted by atomic mass is 9.78. The summed E-state index contributed by atoms with van der Waals surface area (Å²) in [5, 5.41) is 0. The van der Waals surface area contributed by atoms with E-state index in [-0.39, 0.29) is 13.0 Å². The van der Waals surface area contributed by atoms with E-state index in [9.17, 15) is 19.2 Å². The molecule has 3 atom stereocenters. The maximum atomic E-state index is 12.5. The van der Waals surface area contributed by atoms with Crippen LogP contribution in [-0.4, -0.2) is 54.2 Å². The third kappa shape index (κ3) is 4.71. The average Bonchev–Trinajstić information content (AvgIpc) is 3.01. The van der Waals surface area contributed by atoms with Gasteiger partial charge in [-0.1, -0.05) is 37.3 Å². The molecule has 0 spiro atoms. The zero-order valence-corrected chi connectivity index (χ0v) is 15.4. The number of amides is 3. The Kier molecular flexibility index (Phi) is 6.32. The van der Waals surface area contributed by atoms with Gasteiger partial charge in [-0.15, -0.1) is 0 Å². The zero-order chi connectivity index (χ0) is 20.2.